The molecule has 0 spiro atoms. The number of rotatable bonds is 6. The molecule has 2 aliphatic rings. The standard InChI is InChI=1S/C24H26N4O3S/c1-2-18-8-6-7-13-27(18)22(29)15-32-24-26-25-23(28(24)19-9-4-3-5-10-19)17-11-12-20-21(14-17)31-16-30-20/h3-5,9-12,14,18H,2,6-8,13,15-16H2,1H3/t18-/m0/s1. The highest BCUT2D eigenvalue weighted by Crippen LogP contribution is 2.37. The second-order valence-electron chi connectivity index (χ2n) is 7.98. The Kier molecular flexibility index (Phi) is 6.03. The van der Waals surface area contributed by atoms with Crippen LogP contribution in [0.5, 0.6) is 11.5 Å². The Bertz CT molecular complexity index is 1100. The summed E-state index contributed by atoms with van der Waals surface area (Å²) in [5.74, 6) is 2.65. The van der Waals surface area contributed by atoms with Crippen LogP contribution in [-0.2, 0) is 4.79 Å². The van der Waals surface area contributed by atoms with Crippen LogP contribution in [0, 0.1) is 0 Å². The number of thioether (sulfide) groups is 1. The largest absolute Gasteiger partial charge is 0.454 e. The normalized spacial score (nSPS) is 17.5. The van der Waals surface area contributed by atoms with Gasteiger partial charge in [0.2, 0.25) is 12.7 Å². The van der Waals surface area contributed by atoms with E-state index in [1.165, 1.54) is 18.2 Å². The van der Waals surface area contributed by atoms with Gasteiger partial charge in [-0.2, -0.15) is 0 Å². The molecule has 2 aliphatic heterocycles. The van der Waals surface area contributed by atoms with Gasteiger partial charge in [-0.25, -0.2) is 0 Å². The minimum Gasteiger partial charge on any atom is -0.454 e. The van der Waals surface area contributed by atoms with Gasteiger partial charge in [-0.1, -0.05) is 36.9 Å². The van der Waals surface area contributed by atoms with E-state index in [1.807, 2.05) is 53.1 Å². The SMILES string of the molecule is CC[C@H]1CCCCN1C(=O)CSc1nnc(-c2ccc3c(c2)OCO3)n1-c1ccccc1. The van der Waals surface area contributed by atoms with Crippen molar-refractivity contribution >= 4 is 17.7 Å². The third-order valence-electron chi connectivity index (χ3n) is 6.02. The van der Waals surface area contributed by atoms with Gasteiger partial charge in [-0.05, 0) is 56.0 Å². The van der Waals surface area contributed by atoms with Gasteiger partial charge in [0.05, 0.1) is 5.75 Å². The molecule has 0 bridgehead atoms. The topological polar surface area (TPSA) is 69.5 Å². The molecule has 7 nitrogen and oxygen atoms in total. The molecule has 5 rings (SSSR count). The van der Waals surface area contributed by atoms with Crippen LogP contribution in [0.1, 0.15) is 32.6 Å². The molecule has 0 saturated carbocycles. The van der Waals surface area contributed by atoms with E-state index in [4.69, 9.17) is 9.47 Å². The number of amides is 1. The molecule has 3 aromatic rings. The first-order chi connectivity index (χ1) is 15.7. The first-order valence-electron chi connectivity index (χ1n) is 11.1. The zero-order valence-electron chi connectivity index (χ0n) is 18.1. The Morgan fingerprint density at radius 1 is 1.09 bits per heavy atom. The van der Waals surface area contributed by atoms with E-state index in [1.54, 1.807) is 0 Å². The van der Waals surface area contributed by atoms with Gasteiger partial charge >= 0.3 is 0 Å². The number of fused-ring (bicyclic) bond motifs is 1. The van der Waals surface area contributed by atoms with Crippen LogP contribution in [0.3, 0.4) is 0 Å². The van der Waals surface area contributed by atoms with Gasteiger partial charge in [0.25, 0.3) is 0 Å². The van der Waals surface area contributed by atoms with Crippen molar-refractivity contribution in [3.05, 3.63) is 48.5 Å². The molecule has 166 valence electrons. The number of piperidine rings is 1. The second kappa shape index (κ2) is 9.24. The van der Waals surface area contributed by atoms with Crippen molar-refractivity contribution in [1.29, 1.82) is 0 Å². The number of aromatic nitrogens is 3. The first-order valence-corrected chi connectivity index (χ1v) is 12.1. The molecule has 0 radical (unpaired) electrons. The maximum Gasteiger partial charge on any atom is 0.233 e. The third kappa shape index (κ3) is 4.07. The summed E-state index contributed by atoms with van der Waals surface area (Å²) in [7, 11) is 0. The van der Waals surface area contributed by atoms with Crippen LogP contribution >= 0.6 is 11.8 Å². The fourth-order valence-corrected chi connectivity index (χ4v) is 5.20. The number of hydrogen-bond acceptors (Lipinski definition) is 6. The number of nitrogens with zero attached hydrogens (tertiary/aromatic N) is 4. The number of benzene rings is 2. The number of hydrogen-bond donors (Lipinski definition) is 0. The van der Waals surface area contributed by atoms with Crippen molar-refractivity contribution in [2.24, 2.45) is 0 Å². The summed E-state index contributed by atoms with van der Waals surface area (Å²) in [5, 5.41) is 9.63. The van der Waals surface area contributed by atoms with Crippen molar-refractivity contribution < 1.29 is 14.3 Å². The van der Waals surface area contributed by atoms with Gasteiger partial charge in [0.1, 0.15) is 0 Å². The molecule has 0 unspecified atom stereocenters. The fraction of sp³-hybridized carbons (Fsp3) is 0.375. The summed E-state index contributed by atoms with van der Waals surface area (Å²) >= 11 is 1.44. The van der Waals surface area contributed by atoms with Gasteiger partial charge < -0.3 is 14.4 Å². The minimum absolute atomic E-state index is 0.175. The maximum absolute atomic E-state index is 13.0. The number of carbonyl (C=O) groups is 1. The Morgan fingerprint density at radius 2 is 1.94 bits per heavy atom. The summed E-state index contributed by atoms with van der Waals surface area (Å²) in [6.07, 6.45) is 4.39. The smallest absolute Gasteiger partial charge is 0.233 e. The van der Waals surface area contributed by atoms with Crippen LogP contribution in [0.2, 0.25) is 0 Å². The lowest BCUT2D eigenvalue weighted by atomic mass is 10.0. The fourth-order valence-electron chi connectivity index (χ4n) is 4.36. The van der Waals surface area contributed by atoms with Gasteiger partial charge in [0, 0.05) is 23.8 Å². The lowest BCUT2D eigenvalue weighted by molar-refractivity contribution is -0.132. The molecule has 3 heterocycles. The van der Waals surface area contributed by atoms with Crippen molar-refractivity contribution in [2.45, 2.75) is 43.8 Å². The Labute approximate surface area is 191 Å². The lowest BCUT2D eigenvalue weighted by Gasteiger charge is -2.35. The van der Waals surface area contributed by atoms with Crippen molar-refractivity contribution in [3.63, 3.8) is 0 Å². The van der Waals surface area contributed by atoms with E-state index in [0.29, 0.717) is 28.5 Å². The van der Waals surface area contributed by atoms with E-state index in [9.17, 15) is 4.79 Å². The van der Waals surface area contributed by atoms with E-state index >= 15 is 0 Å². The number of likely N-dealkylation sites (tertiary alicyclic amines) is 1. The van der Waals surface area contributed by atoms with Crippen LogP contribution in [0.15, 0.2) is 53.7 Å². The Balaban J connectivity index is 1.43. The third-order valence-corrected chi connectivity index (χ3v) is 6.94. The quantitative estimate of drug-likeness (QED) is 0.514. The summed E-state index contributed by atoms with van der Waals surface area (Å²) in [4.78, 5) is 15.1. The zero-order valence-corrected chi connectivity index (χ0v) is 18.9. The lowest BCUT2D eigenvalue weighted by Crippen LogP contribution is -2.44. The zero-order chi connectivity index (χ0) is 21.9. The summed E-state index contributed by atoms with van der Waals surface area (Å²) in [5.41, 5.74) is 1.83. The summed E-state index contributed by atoms with van der Waals surface area (Å²) < 4.78 is 13.0. The molecule has 2 aromatic carbocycles. The van der Waals surface area contributed by atoms with Crippen LogP contribution in [0.25, 0.3) is 17.1 Å². The molecule has 1 aromatic heterocycles. The summed E-state index contributed by atoms with van der Waals surface area (Å²) in [6, 6.07) is 16.1. The van der Waals surface area contributed by atoms with E-state index < -0.39 is 0 Å². The van der Waals surface area contributed by atoms with Crippen LogP contribution in [0.4, 0.5) is 0 Å². The van der Waals surface area contributed by atoms with Crippen LogP contribution in [-0.4, -0.2) is 50.7 Å². The average molecular weight is 451 g/mol. The van der Waals surface area contributed by atoms with Crippen molar-refractivity contribution in [2.75, 3.05) is 19.1 Å². The second-order valence-corrected chi connectivity index (χ2v) is 8.92. The van der Waals surface area contributed by atoms with Crippen molar-refractivity contribution in [3.8, 4) is 28.6 Å². The number of carbonyl (C=O) groups excluding carboxylic acids is 1. The predicted molar refractivity (Wildman–Crippen MR) is 123 cm³/mol. The molecular weight excluding hydrogens is 424 g/mol. The Hall–Kier alpha value is -3.00. The molecule has 1 fully saturated rings. The summed E-state index contributed by atoms with van der Waals surface area (Å²) in [6.45, 7) is 3.24. The number of ether oxygens (including phenoxy) is 2. The minimum atomic E-state index is 0.175. The molecule has 32 heavy (non-hydrogen) atoms. The highest BCUT2D eigenvalue weighted by molar-refractivity contribution is 7.99. The molecule has 1 saturated heterocycles. The van der Waals surface area contributed by atoms with Gasteiger partial charge in [-0.15, -0.1) is 10.2 Å². The highest BCUT2D eigenvalue weighted by atomic mass is 32.2. The van der Waals surface area contributed by atoms with E-state index in [2.05, 4.69) is 22.0 Å². The monoisotopic (exact) mass is 450 g/mol. The maximum atomic E-state index is 13.0. The molecule has 1 amide bonds. The van der Waals surface area contributed by atoms with Crippen molar-refractivity contribution in [1.82, 2.24) is 19.7 Å². The molecule has 0 aliphatic carbocycles. The van der Waals surface area contributed by atoms with Gasteiger partial charge in [-0.3, -0.25) is 9.36 Å². The number of para-hydroxylation sites is 1. The molecule has 1 atom stereocenters. The first kappa shape index (κ1) is 20.9. The highest BCUT2D eigenvalue weighted by Gasteiger charge is 2.26. The Morgan fingerprint density at radius 3 is 2.78 bits per heavy atom. The van der Waals surface area contributed by atoms with E-state index in [0.717, 1.165) is 42.8 Å². The van der Waals surface area contributed by atoms with Crippen LogP contribution < -0.4 is 9.47 Å². The van der Waals surface area contributed by atoms with E-state index in [-0.39, 0.29) is 12.7 Å². The average Bonchev–Trinajstić information content (AvgIpc) is 3.49. The molecular formula is C24H26N4O3S. The molecule has 0 N–H and O–H groups in total. The van der Waals surface area contributed by atoms with Gasteiger partial charge in [0.15, 0.2) is 22.5 Å². The molecule has 8 heteroatoms. The predicted octanol–water partition coefficient (Wildman–Crippen LogP) is 4.55.